The summed E-state index contributed by atoms with van der Waals surface area (Å²) >= 11 is 0. The Labute approximate surface area is 199 Å². The van der Waals surface area contributed by atoms with Crippen molar-refractivity contribution < 1.29 is 23.9 Å². The van der Waals surface area contributed by atoms with Crippen LogP contribution in [0.25, 0.3) is 0 Å². The van der Waals surface area contributed by atoms with Gasteiger partial charge in [-0.25, -0.2) is 0 Å². The summed E-state index contributed by atoms with van der Waals surface area (Å²) in [6, 6.07) is 6.86. The van der Waals surface area contributed by atoms with Gasteiger partial charge < -0.3 is 14.8 Å². The molecule has 0 spiro atoms. The minimum atomic E-state index is -0.599. The van der Waals surface area contributed by atoms with Crippen LogP contribution in [0.1, 0.15) is 108 Å². The lowest BCUT2D eigenvalue weighted by Gasteiger charge is -2.08. The molecule has 0 saturated heterocycles. The summed E-state index contributed by atoms with van der Waals surface area (Å²) in [4.78, 5) is 34.6. The molecule has 0 saturated carbocycles. The average Bonchev–Trinajstić information content (AvgIpc) is 2.80. The first-order valence-electron chi connectivity index (χ1n) is 12.7. The Balaban J connectivity index is 2.06. The summed E-state index contributed by atoms with van der Waals surface area (Å²) in [5, 5.41) is 2.52. The number of carbonyl (C=O) groups is 3. The van der Waals surface area contributed by atoms with Crippen LogP contribution in [-0.4, -0.2) is 37.4 Å². The van der Waals surface area contributed by atoms with Crippen molar-refractivity contribution in [2.24, 2.45) is 0 Å². The van der Waals surface area contributed by atoms with Crippen LogP contribution < -0.4 is 10.1 Å². The van der Waals surface area contributed by atoms with Crippen molar-refractivity contribution in [1.29, 1.82) is 0 Å². The van der Waals surface area contributed by atoms with Crippen molar-refractivity contribution in [3.8, 4) is 5.75 Å². The summed E-state index contributed by atoms with van der Waals surface area (Å²) in [7, 11) is 0. The highest BCUT2D eigenvalue weighted by Gasteiger charge is 2.13. The van der Waals surface area contributed by atoms with E-state index in [1.165, 1.54) is 77.6 Å². The molecule has 0 aliphatic rings. The molecule has 0 unspecified atom stereocenters. The third-order valence-corrected chi connectivity index (χ3v) is 5.49. The molecule has 0 radical (unpaired) electrons. The van der Waals surface area contributed by atoms with Gasteiger partial charge in [-0.2, -0.15) is 0 Å². The normalized spacial score (nSPS) is 10.6. The number of hydrogen-bond donors (Lipinski definition) is 1. The Morgan fingerprint density at radius 2 is 1.30 bits per heavy atom. The first kappa shape index (κ1) is 28.7. The van der Waals surface area contributed by atoms with Gasteiger partial charge in [0.25, 0.3) is 0 Å². The largest absolute Gasteiger partial charge is 0.494 e. The van der Waals surface area contributed by atoms with Gasteiger partial charge in [-0.1, -0.05) is 77.6 Å². The van der Waals surface area contributed by atoms with Crippen molar-refractivity contribution in [3.63, 3.8) is 0 Å². The van der Waals surface area contributed by atoms with Gasteiger partial charge in [0.15, 0.2) is 5.78 Å². The zero-order valence-corrected chi connectivity index (χ0v) is 20.7. The molecule has 1 N–H and O–H groups in total. The molecule has 6 heteroatoms. The molecule has 186 valence electrons. The molecular formula is C27H43NO5. The van der Waals surface area contributed by atoms with Gasteiger partial charge in [0.1, 0.15) is 18.8 Å². The molecule has 0 bridgehead atoms. The smallest absolute Gasteiger partial charge is 0.313 e. The van der Waals surface area contributed by atoms with Gasteiger partial charge in [-0.05, 0) is 30.7 Å². The number of hydrogen-bond acceptors (Lipinski definition) is 5. The highest BCUT2D eigenvalue weighted by atomic mass is 16.5. The number of rotatable bonds is 20. The van der Waals surface area contributed by atoms with E-state index in [2.05, 4.69) is 12.2 Å². The average molecular weight is 462 g/mol. The van der Waals surface area contributed by atoms with E-state index in [0.29, 0.717) is 12.2 Å². The van der Waals surface area contributed by atoms with Crippen LogP contribution in [0.4, 0.5) is 0 Å². The SMILES string of the molecule is CCCCCCCCCCCCCCOc1ccc(C(=O)CC(=O)OCCNC(C)=O)cc1. The van der Waals surface area contributed by atoms with E-state index in [0.717, 1.165) is 12.2 Å². The van der Waals surface area contributed by atoms with Crippen LogP contribution in [0.5, 0.6) is 5.75 Å². The number of ketones is 1. The minimum absolute atomic E-state index is 0.0532. The molecule has 6 nitrogen and oxygen atoms in total. The maximum atomic E-state index is 12.2. The summed E-state index contributed by atoms with van der Waals surface area (Å²) in [6.45, 7) is 4.61. The highest BCUT2D eigenvalue weighted by molar-refractivity contribution is 6.05. The van der Waals surface area contributed by atoms with Crippen LogP contribution in [0.2, 0.25) is 0 Å². The standard InChI is InChI=1S/C27H43NO5/c1-3-4-5-6-7-8-9-10-11-12-13-14-20-32-25-17-15-24(16-18-25)26(30)22-27(31)33-21-19-28-23(2)29/h15-18H,3-14,19-22H2,1-2H3,(H,28,29). The molecule has 0 aliphatic carbocycles. The maximum absolute atomic E-state index is 12.2. The molecule has 0 aliphatic heterocycles. The van der Waals surface area contributed by atoms with Crippen molar-refractivity contribution in [1.82, 2.24) is 5.32 Å². The lowest BCUT2D eigenvalue weighted by molar-refractivity contribution is -0.142. The number of amides is 1. The second-order valence-electron chi connectivity index (χ2n) is 8.57. The predicted molar refractivity (Wildman–Crippen MR) is 132 cm³/mol. The first-order chi connectivity index (χ1) is 16.0. The monoisotopic (exact) mass is 461 g/mol. The summed E-state index contributed by atoms with van der Waals surface area (Å²) in [5.41, 5.74) is 0.450. The van der Waals surface area contributed by atoms with Gasteiger partial charge in [0, 0.05) is 12.5 Å². The van der Waals surface area contributed by atoms with E-state index in [1.54, 1.807) is 24.3 Å². The molecular weight excluding hydrogens is 418 g/mol. The Hall–Kier alpha value is -2.37. The second-order valence-corrected chi connectivity index (χ2v) is 8.57. The summed E-state index contributed by atoms with van der Waals surface area (Å²) < 4.78 is 10.7. The lowest BCUT2D eigenvalue weighted by Crippen LogP contribution is -2.25. The number of Topliss-reactive ketones (excluding diaryl/α,β-unsaturated/α-hetero) is 1. The molecule has 1 aromatic rings. The molecule has 0 heterocycles. The van der Waals surface area contributed by atoms with E-state index < -0.39 is 5.97 Å². The summed E-state index contributed by atoms with van der Waals surface area (Å²) in [5.74, 6) is -0.361. The molecule has 0 fully saturated rings. The second kappa shape index (κ2) is 19.1. The highest BCUT2D eigenvalue weighted by Crippen LogP contribution is 2.15. The number of esters is 1. The first-order valence-corrected chi connectivity index (χ1v) is 12.7. The minimum Gasteiger partial charge on any atom is -0.494 e. The molecule has 0 aromatic heterocycles. The Morgan fingerprint density at radius 1 is 0.758 bits per heavy atom. The Kier molecular flexibility index (Phi) is 16.6. The molecule has 1 rings (SSSR count). The van der Waals surface area contributed by atoms with Crippen molar-refractivity contribution >= 4 is 17.7 Å². The van der Waals surface area contributed by atoms with Crippen LogP contribution in [-0.2, 0) is 14.3 Å². The zero-order valence-electron chi connectivity index (χ0n) is 20.7. The fraction of sp³-hybridized carbons (Fsp3) is 0.667. The Bertz CT molecular complexity index is 672. The maximum Gasteiger partial charge on any atom is 0.313 e. The lowest BCUT2D eigenvalue weighted by atomic mass is 10.1. The van der Waals surface area contributed by atoms with Gasteiger partial charge >= 0.3 is 5.97 Å². The Morgan fingerprint density at radius 3 is 1.85 bits per heavy atom. The van der Waals surface area contributed by atoms with Crippen molar-refractivity contribution in [2.75, 3.05) is 19.8 Å². The van der Waals surface area contributed by atoms with Crippen LogP contribution in [0, 0.1) is 0 Å². The van der Waals surface area contributed by atoms with Gasteiger partial charge in [-0.15, -0.1) is 0 Å². The molecule has 33 heavy (non-hydrogen) atoms. The van der Waals surface area contributed by atoms with Crippen LogP contribution in [0.15, 0.2) is 24.3 Å². The number of benzene rings is 1. The third kappa shape index (κ3) is 16.0. The molecule has 0 atom stereocenters. The predicted octanol–water partition coefficient (Wildman–Crippen LogP) is 6.02. The van der Waals surface area contributed by atoms with Gasteiger partial charge in [0.2, 0.25) is 5.91 Å². The topological polar surface area (TPSA) is 81.7 Å². The zero-order chi connectivity index (χ0) is 24.2. The molecule has 1 aromatic carbocycles. The van der Waals surface area contributed by atoms with E-state index >= 15 is 0 Å². The van der Waals surface area contributed by atoms with Crippen molar-refractivity contribution in [3.05, 3.63) is 29.8 Å². The number of unbranched alkanes of at least 4 members (excludes halogenated alkanes) is 11. The third-order valence-electron chi connectivity index (χ3n) is 5.49. The fourth-order valence-electron chi connectivity index (χ4n) is 3.55. The number of ether oxygens (including phenoxy) is 2. The quantitative estimate of drug-likeness (QED) is 0.111. The van der Waals surface area contributed by atoms with E-state index in [4.69, 9.17) is 9.47 Å². The molecule has 1 amide bonds. The van der Waals surface area contributed by atoms with Gasteiger partial charge in [-0.3, -0.25) is 14.4 Å². The van der Waals surface area contributed by atoms with E-state index in [1.807, 2.05) is 0 Å². The van der Waals surface area contributed by atoms with Crippen molar-refractivity contribution in [2.45, 2.75) is 97.3 Å². The van der Waals surface area contributed by atoms with Crippen LogP contribution in [0.3, 0.4) is 0 Å². The van der Waals surface area contributed by atoms with E-state index in [-0.39, 0.29) is 31.3 Å². The fourth-order valence-corrected chi connectivity index (χ4v) is 3.55. The number of carbonyl (C=O) groups excluding carboxylic acids is 3. The van der Waals surface area contributed by atoms with E-state index in [9.17, 15) is 14.4 Å². The van der Waals surface area contributed by atoms with Crippen LogP contribution >= 0.6 is 0 Å². The van der Waals surface area contributed by atoms with Gasteiger partial charge in [0.05, 0.1) is 13.2 Å². The summed E-state index contributed by atoms with van der Waals surface area (Å²) in [6.07, 6.45) is 15.4. The number of nitrogens with one attached hydrogen (secondary N) is 1.